The lowest BCUT2D eigenvalue weighted by atomic mass is 10.0. The molecule has 0 aliphatic carbocycles. The molecule has 64 heavy (non-hydrogen) atoms. The second kappa shape index (κ2) is 54.4. The van der Waals surface area contributed by atoms with Crippen molar-refractivity contribution in [1.82, 2.24) is 0 Å². The van der Waals surface area contributed by atoms with Gasteiger partial charge in [-0.3, -0.25) is 9.59 Å². The minimum Gasteiger partial charge on any atom is -0.462 e. The molecule has 0 N–H and O–H groups in total. The molecular weight excluding hydrogens is 789 g/mol. The highest BCUT2D eigenvalue weighted by atomic mass is 16.6. The number of hydrogen-bond donors (Lipinski definition) is 0. The second-order valence-electron chi connectivity index (χ2n) is 17.8. The lowest BCUT2D eigenvalue weighted by molar-refractivity contribution is -0.163. The molecule has 0 heterocycles. The maximum absolute atomic E-state index is 12.8. The molecule has 0 aromatic heterocycles. The zero-order chi connectivity index (χ0) is 46.3. The Morgan fingerprint density at radius 3 is 1.16 bits per heavy atom. The molecule has 0 rings (SSSR count). The minimum atomic E-state index is -0.564. The van der Waals surface area contributed by atoms with E-state index in [0.717, 1.165) is 89.9 Å². The van der Waals surface area contributed by atoms with Crippen molar-refractivity contribution in [2.24, 2.45) is 0 Å². The van der Waals surface area contributed by atoms with Crippen molar-refractivity contribution in [2.45, 2.75) is 258 Å². The summed E-state index contributed by atoms with van der Waals surface area (Å²) in [5, 5.41) is 0. The molecule has 368 valence electrons. The van der Waals surface area contributed by atoms with Crippen molar-refractivity contribution < 1.29 is 23.8 Å². The predicted molar refractivity (Wildman–Crippen MR) is 279 cm³/mol. The van der Waals surface area contributed by atoms with Crippen molar-refractivity contribution in [3.63, 3.8) is 0 Å². The van der Waals surface area contributed by atoms with Crippen LogP contribution in [-0.2, 0) is 23.8 Å². The molecule has 0 saturated carbocycles. The Labute approximate surface area is 397 Å². The summed E-state index contributed by atoms with van der Waals surface area (Å²) in [5.74, 6) is -0.426. The Morgan fingerprint density at radius 2 is 0.703 bits per heavy atom. The average Bonchev–Trinajstić information content (AvgIpc) is 3.30. The van der Waals surface area contributed by atoms with E-state index in [0.29, 0.717) is 19.4 Å². The van der Waals surface area contributed by atoms with E-state index in [-0.39, 0.29) is 25.2 Å². The van der Waals surface area contributed by atoms with Gasteiger partial charge in [0.05, 0.1) is 6.61 Å². The predicted octanol–water partition coefficient (Wildman–Crippen LogP) is 18.5. The Hall–Kier alpha value is -2.92. The molecule has 0 aliphatic rings. The van der Waals surface area contributed by atoms with Crippen LogP contribution in [0.1, 0.15) is 252 Å². The Bertz CT molecular complexity index is 1190. The van der Waals surface area contributed by atoms with Crippen molar-refractivity contribution in [3.8, 4) is 0 Å². The maximum Gasteiger partial charge on any atom is 0.306 e. The van der Waals surface area contributed by atoms with E-state index in [1.165, 1.54) is 128 Å². The SMILES string of the molecule is CC/C=C\C/C=C\C/C=C\C/C=C\C/C=C\CCCCOCC(COC(=O)CCCCCCCCC/C=C\C/C=C\CCCCC)OC(=O)CCCCCCCCCCCCCCC. The van der Waals surface area contributed by atoms with E-state index in [4.69, 9.17) is 14.2 Å². The minimum absolute atomic E-state index is 0.0624. The number of carbonyl (C=O) groups excluding carboxylic acids is 2. The number of esters is 2. The first-order valence-electron chi connectivity index (χ1n) is 27.1. The molecule has 0 spiro atoms. The Kier molecular flexibility index (Phi) is 51.9. The number of carbonyl (C=O) groups is 2. The largest absolute Gasteiger partial charge is 0.462 e. The van der Waals surface area contributed by atoms with Gasteiger partial charge in [-0.2, -0.15) is 0 Å². The van der Waals surface area contributed by atoms with E-state index in [9.17, 15) is 9.59 Å². The van der Waals surface area contributed by atoms with Crippen LogP contribution in [-0.4, -0.2) is 37.9 Å². The molecule has 1 unspecified atom stereocenters. The van der Waals surface area contributed by atoms with Crippen LogP contribution in [0.15, 0.2) is 85.1 Å². The summed E-state index contributed by atoms with van der Waals surface area (Å²) in [6.07, 6.45) is 71.7. The van der Waals surface area contributed by atoms with Crippen LogP contribution >= 0.6 is 0 Å². The summed E-state index contributed by atoms with van der Waals surface area (Å²) in [6, 6.07) is 0. The zero-order valence-electron chi connectivity index (χ0n) is 42.3. The van der Waals surface area contributed by atoms with E-state index in [1.54, 1.807) is 0 Å². The Morgan fingerprint density at radius 1 is 0.359 bits per heavy atom. The van der Waals surface area contributed by atoms with Gasteiger partial charge in [0.2, 0.25) is 0 Å². The smallest absolute Gasteiger partial charge is 0.306 e. The first-order chi connectivity index (χ1) is 31.6. The van der Waals surface area contributed by atoms with Gasteiger partial charge in [0.1, 0.15) is 6.61 Å². The molecule has 0 fully saturated rings. The van der Waals surface area contributed by atoms with Crippen molar-refractivity contribution in [1.29, 1.82) is 0 Å². The summed E-state index contributed by atoms with van der Waals surface area (Å²) >= 11 is 0. The number of allylic oxidation sites excluding steroid dienone is 14. The van der Waals surface area contributed by atoms with Crippen LogP contribution in [0.4, 0.5) is 0 Å². The third-order valence-electron chi connectivity index (χ3n) is 11.4. The fraction of sp³-hybridized carbons (Fsp3) is 0.729. The topological polar surface area (TPSA) is 61.8 Å². The summed E-state index contributed by atoms with van der Waals surface area (Å²) < 4.78 is 17.4. The molecule has 0 radical (unpaired) electrons. The lowest BCUT2D eigenvalue weighted by Gasteiger charge is -2.18. The molecular formula is C59H102O5. The monoisotopic (exact) mass is 891 g/mol. The van der Waals surface area contributed by atoms with Gasteiger partial charge in [0, 0.05) is 19.4 Å². The molecule has 0 aliphatic heterocycles. The first kappa shape index (κ1) is 61.1. The van der Waals surface area contributed by atoms with Gasteiger partial charge >= 0.3 is 11.9 Å². The van der Waals surface area contributed by atoms with Crippen LogP contribution in [0.5, 0.6) is 0 Å². The molecule has 0 bridgehead atoms. The quantitative estimate of drug-likeness (QED) is 0.0346. The summed E-state index contributed by atoms with van der Waals surface area (Å²) in [7, 11) is 0. The van der Waals surface area contributed by atoms with Gasteiger partial charge in [-0.25, -0.2) is 0 Å². The van der Waals surface area contributed by atoms with Crippen LogP contribution in [0.2, 0.25) is 0 Å². The van der Waals surface area contributed by atoms with Crippen LogP contribution in [0.3, 0.4) is 0 Å². The fourth-order valence-electron chi connectivity index (χ4n) is 7.39. The summed E-state index contributed by atoms with van der Waals surface area (Å²) in [5.41, 5.74) is 0. The van der Waals surface area contributed by atoms with Gasteiger partial charge in [-0.05, 0) is 96.3 Å². The highest BCUT2D eigenvalue weighted by Crippen LogP contribution is 2.15. The van der Waals surface area contributed by atoms with E-state index in [1.807, 2.05) is 0 Å². The average molecular weight is 891 g/mol. The third-order valence-corrected chi connectivity index (χ3v) is 11.4. The van der Waals surface area contributed by atoms with Gasteiger partial charge in [0.15, 0.2) is 6.10 Å². The molecule has 0 aromatic rings. The van der Waals surface area contributed by atoms with E-state index < -0.39 is 6.10 Å². The molecule has 5 heteroatoms. The van der Waals surface area contributed by atoms with E-state index >= 15 is 0 Å². The summed E-state index contributed by atoms with van der Waals surface area (Å²) in [6.45, 7) is 7.60. The van der Waals surface area contributed by atoms with Crippen molar-refractivity contribution in [3.05, 3.63) is 85.1 Å². The van der Waals surface area contributed by atoms with Gasteiger partial charge in [-0.15, -0.1) is 0 Å². The van der Waals surface area contributed by atoms with Crippen molar-refractivity contribution in [2.75, 3.05) is 19.8 Å². The molecule has 0 aromatic carbocycles. The molecule has 5 nitrogen and oxygen atoms in total. The van der Waals surface area contributed by atoms with Gasteiger partial charge in [0.25, 0.3) is 0 Å². The highest BCUT2D eigenvalue weighted by molar-refractivity contribution is 5.70. The summed E-state index contributed by atoms with van der Waals surface area (Å²) in [4.78, 5) is 25.4. The van der Waals surface area contributed by atoms with Gasteiger partial charge < -0.3 is 14.2 Å². The number of hydrogen-bond acceptors (Lipinski definition) is 5. The number of rotatable bonds is 49. The van der Waals surface area contributed by atoms with Crippen LogP contribution < -0.4 is 0 Å². The first-order valence-corrected chi connectivity index (χ1v) is 27.1. The molecule has 0 amide bonds. The zero-order valence-corrected chi connectivity index (χ0v) is 42.3. The normalized spacial score (nSPS) is 12.9. The maximum atomic E-state index is 12.8. The molecule has 1 atom stereocenters. The highest BCUT2D eigenvalue weighted by Gasteiger charge is 2.17. The van der Waals surface area contributed by atoms with Crippen molar-refractivity contribution >= 4 is 11.9 Å². The third kappa shape index (κ3) is 51.7. The molecule has 0 saturated heterocycles. The van der Waals surface area contributed by atoms with Crippen LogP contribution in [0.25, 0.3) is 0 Å². The number of ether oxygens (including phenoxy) is 3. The van der Waals surface area contributed by atoms with E-state index in [2.05, 4.69) is 106 Å². The number of unbranched alkanes of at least 4 members (excludes halogenated alkanes) is 24. The standard InChI is InChI=1S/C59H102O5/c1-4-7-10-13-16-19-22-25-27-29-31-33-36-39-42-45-48-51-54-62-55-57(64-59(61)53-50-47-44-41-38-34-24-21-18-15-12-9-6-3)56-63-58(60)52-49-46-43-40-37-35-32-30-28-26-23-20-17-14-11-8-5-2/h7,10,16-17,19-20,25-28,31,33,39,42,57H,4-6,8-9,11-15,18,21-24,29-30,32,34-38,40-41,43-56H2,1-3H3/b10-7-,19-16-,20-17-,27-25-,28-26-,33-31-,42-39-. The van der Waals surface area contributed by atoms with Gasteiger partial charge in [-0.1, -0.05) is 228 Å². The lowest BCUT2D eigenvalue weighted by Crippen LogP contribution is -2.30. The Balaban J connectivity index is 4.35. The fourth-order valence-corrected chi connectivity index (χ4v) is 7.39. The second-order valence-corrected chi connectivity index (χ2v) is 17.8. The van der Waals surface area contributed by atoms with Crippen LogP contribution in [0, 0.1) is 0 Å².